The van der Waals surface area contributed by atoms with Crippen LogP contribution in [0.1, 0.15) is 57.1 Å². The summed E-state index contributed by atoms with van der Waals surface area (Å²) in [6.07, 6.45) is 5.41. The van der Waals surface area contributed by atoms with Crippen molar-refractivity contribution in [2.24, 2.45) is 14.1 Å². The summed E-state index contributed by atoms with van der Waals surface area (Å²) in [6.45, 7) is 8.11. The Morgan fingerprint density at radius 1 is 1.12 bits per heavy atom. The van der Waals surface area contributed by atoms with E-state index >= 15 is 0 Å². The smallest absolute Gasteiger partial charge is 0.332 e. The van der Waals surface area contributed by atoms with Gasteiger partial charge in [0.25, 0.3) is 5.56 Å². The van der Waals surface area contributed by atoms with Gasteiger partial charge in [0.05, 0.1) is 11.9 Å². The minimum absolute atomic E-state index is 0.321. The van der Waals surface area contributed by atoms with E-state index < -0.39 is 5.60 Å². The summed E-state index contributed by atoms with van der Waals surface area (Å²) in [6, 6.07) is 8.58. The minimum Gasteiger partial charge on any atom is -0.390 e. The maximum atomic E-state index is 12.5. The van der Waals surface area contributed by atoms with Crippen LogP contribution in [0.3, 0.4) is 0 Å². The van der Waals surface area contributed by atoms with Crippen molar-refractivity contribution < 1.29 is 5.11 Å². The van der Waals surface area contributed by atoms with E-state index in [1.165, 1.54) is 22.7 Å². The Balaban J connectivity index is 1.55. The molecule has 1 aromatic carbocycles. The molecule has 3 aromatic rings. The maximum Gasteiger partial charge on any atom is 0.332 e. The fourth-order valence-corrected chi connectivity index (χ4v) is 4.35. The highest BCUT2D eigenvalue weighted by atomic mass is 16.3. The second-order valence-electron chi connectivity index (χ2n) is 9.62. The zero-order valence-electron chi connectivity index (χ0n) is 20.5. The van der Waals surface area contributed by atoms with Crippen molar-refractivity contribution in [2.45, 2.75) is 64.5 Å². The number of aromatic nitrogens is 4. The molecule has 0 aliphatic carbocycles. The fourth-order valence-electron chi connectivity index (χ4n) is 4.35. The fraction of sp³-hybridized carbons (Fsp3) is 0.560. The first-order chi connectivity index (χ1) is 15.6. The van der Waals surface area contributed by atoms with E-state index in [2.05, 4.69) is 41.5 Å². The third-order valence-electron chi connectivity index (χ3n) is 6.33. The van der Waals surface area contributed by atoms with Crippen LogP contribution < -0.4 is 16.6 Å². The summed E-state index contributed by atoms with van der Waals surface area (Å²) in [5.74, 6) is 0.448. The van der Waals surface area contributed by atoms with Crippen LogP contribution in [0.15, 0.2) is 40.2 Å². The van der Waals surface area contributed by atoms with E-state index in [0.717, 1.165) is 36.8 Å². The lowest BCUT2D eigenvalue weighted by atomic mass is 9.88. The van der Waals surface area contributed by atoms with Crippen molar-refractivity contribution in [3.05, 3.63) is 62.6 Å². The number of benzene rings is 1. The van der Waals surface area contributed by atoms with Gasteiger partial charge in [-0.15, -0.1) is 0 Å². The molecule has 2 aromatic heterocycles. The molecule has 0 fully saturated rings. The molecule has 0 aliphatic rings. The average Bonchev–Trinajstić information content (AvgIpc) is 3.19. The summed E-state index contributed by atoms with van der Waals surface area (Å²) < 4.78 is 4.33. The van der Waals surface area contributed by atoms with Gasteiger partial charge in [0, 0.05) is 27.2 Å². The van der Waals surface area contributed by atoms with Gasteiger partial charge in [0.2, 0.25) is 0 Å². The van der Waals surface area contributed by atoms with Crippen LogP contribution in [0, 0.1) is 0 Å². The quantitative estimate of drug-likeness (QED) is 0.433. The molecule has 8 heteroatoms. The number of aliphatic hydroxyl groups is 1. The number of fused-ring (bicyclic) bond motifs is 1. The van der Waals surface area contributed by atoms with Crippen LogP contribution in [-0.2, 0) is 27.1 Å². The first-order valence-corrected chi connectivity index (χ1v) is 11.7. The molecule has 33 heavy (non-hydrogen) atoms. The van der Waals surface area contributed by atoms with Crippen LogP contribution in [0.4, 0.5) is 0 Å². The van der Waals surface area contributed by atoms with Crippen LogP contribution in [-0.4, -0.2) is 42.5 Å². The predicted octanol–water partition coefficient (Wildman–Crippen LogP) is 2.31. The molecule has 2 heterocycles. The van der Waals surface area contributed by atoms with E-state index in [0.29, 0.717) is 30.2 Å². The van der Waals surface area contributed by atoms with Gasteiger partial charge in [-0.2, -0.15) is 0 Å². The SMILES string of the molecule is CC(CCCC(C)(C)O)c1ccccc1CCNCCn1cnc2c1c(=O)n(C)c(=O)n2C. The number of hydrogen-bond acceptors (Lipinski definition) is 5. The Morgan fingerprint density at radius 3 is 2.58 bits per heavy atom. The van der Waals surface area contributed by atoms with Crippen molar-refractivity contribution in [3.8, 4) is 0 Å². The predicted molar refractivity (Wildman–Crippen MR) is 132 cm³/mol. The second-order valence-corrected chi connectivity index (χ2v) is 9.62. The standard InChI is InChI=1S/C25H37N5O3/c1-18(9-8-13-25(2,3)33)20-11-7-6-10-19(20)12-14-26-15-16-30-17-27-22-21(30)23(31)29(5)24(32)28(22)4/h6-7,10-11,17-18,26,33H,8-9,12-16H2,1-5H3. The summed E-state index contributed by atoms with van der Waals surface area (Å²) >= 11 is 0. The van der Waals surface area contributed by atoms with Gasteiger partial charge in [-0.1, -0.05) is 37.6 Å². The van der Waals surface area contributed by atoms with Gasteiger partial charge < -0.3 is 15.0 Å². The Morgan fingerprint density at radius 2 is 1.85 bits per heavy atom. The van der Waals surface area contributed by atoms with E-state index in [9.17, 15) is 14.7 Å². The van der Waals surface area contributed by atoms with E-state index in [1.54, 1.807) is 13.4 Å². The minimum atomic E-state index is -0.609. The first kappa shape index (κ1) is 24.9. The second kappa shape index (κ2) is 10.5. The van der Waals surface area contributed by atoms with Crippen LogP contribution >= 0.6 is 0 Å². The maximum absolute atomic E-state index is 12.5. The topological polar surface area (TPSA) is 94.1 Å². The molecule has 0 bridgehead atoms. The van der Waals surface area contributed by atoms with E-state index in [4.69, 9.17) is 0 Å². The molecular formula is C25H37N5O3. The molecule has 1 atom stereocenters. The molecular weight excluding hydrogens is 418 g/mol. The van der Waals surface area contributed by atoms with Gasteiger partial charge in [-0.05, 0) is 56.7 Å². The van der Waals surface area contributed by atoms with Gasteiger partial charge in [-0.3, -0.25) is 13.9 Å². The Bertz CT molecular complexity index is 1200. The molecule has 0 amide bonds. The molecule has 8 nitrogen and oxygen atoms in total. The summed E-state index contributed by atoms with van der Waals surface area (Å²) in [5, 5.41) is 13.4. The molecule has 0 aliphatic heterocycles. The highest BCUT2D eigenvalue weighted by Gasteiger charge is 2.16. The first-order valence-electron chi connectivity index (χ1n) is 11.7. The average molecular weight is 456 g/mol. The zero-order valence-corrected chi connectivity index (χ0v) is 20.5. The number of nitrogens with zero attached hydrogens (tertiary/aromatic N) is 4. The summed E-state index contributed by atoms with van der Waals surface area (Å²) in [4.78, 5) is 28.9. The van der Waals surface area contributed by atoms with Gasteiger partial charge >= 0.3 is 5.69 Å². The van der Waals surface area contributed by atoms with Gasteiger partial charge in [0.15, 0.2) is 11.2 Å². The molecule has 0 spiro atoms. The molecule has 0 saturated heterocycles. The van der Waals surface area contributed by atoms with Crippen molar-refractivity contribution in [1.82, 2.24) is 24.0 Å². The molecule has 2 N–H and O–H groups in total. The highest BCUT2D eigenvalue weighted by molar-refractivity contribution is 5.69. The molecule has 0 saturated carbocycles. The third kappa shape index (κ3) is 6.00. The third-order valence-corrected chi connectivity index (χ3v) is 6.33. The molecule has 3 rings (SSSR count). The lowest BCUT2D eigenvalue weighted by Gasteiger charge is -2.20. The lowest BCUT2D eigenvalue weighted by Crippen LogP contribution is -2.37. The zero-order chi connectivity index (χ0) is 24.2. The number of hydrogen-bond donors (Lipinski definition) is 2. The van der Waals surface area contributed by atoms with Crippen LogP contribution in [0.25, 0.3) is 11.2 Å². The van der Waals surface area contributed by atoms with Gasteiger partial charge in [0.1, 0.15) is 0 Å². The highest BCUT2D eigenvalue weighted by Crippen LogP contribution is 2.26. The number of imidazole rings is 1. The van der Waals surface area contributed by atoms with E-state index in [1.807, 2.05) is 18.4 Å². The Hall–Kier alpha value is -2.71. The van der Waals surface area contributed by atoms with Crippen molar-refractivity contribution in [2.75, 3.05) is 13.1 Å². The Labute approximate surface area is 194 Å². The van der Waals surface area contributed by atoms with Crippen molar-refractivity contribution in [1.29, 1.82) is 0 Å². The summed E-state index contributed by atoms with van der Waals surface area (Å²) in [7, 11) is 3.12. The van der Waals surface area contributed by atoms with Crippen LogP contribution in [0.5, 0.6) is 0 Å². The number of nitrogens with one attached hydrogen (secondary N) is 1. The largest absolute Gasteiger partial charge is 0.390 e. The van der Waals surface area contributed by atoms with Crippen LogP contribution in [0.2, 0.25) is 0 Å². The summed E-state index contributed by atoms with van der Waals surface area (Å²) in [5.41, 5.74) is 2.28. The van der Waals surface area contributed by atoms with E-state index in [-0.39, 0.29) is 11.2 Å². The number of rotatable bonds is 11. The number of aryl methyl sites for hydroxylation is 1. The molecule has 1 unspecified atom stereocenters. The van der Waals surface area contributed by atoms with Gasteiger partial charge in [-0.25, -0.2) is 9.78 Å². The monoisotopic (exact) mass is 455 g/mol. The lowest BCUT2D eigenvalue weighted by molar-refractivity contribution is 0.0678. The van der Waals surface area contributed by atoms with Crippen molar-refractivity contribution in [3.63, 3.8) is 0 Å². The molecule has 180 valence electrons. The van der Waals surface area contributed by atoms with Crippen molar-refractivity contribution >= 4 is 11.2 Å². The molecule has 0 radical (unpaired) electrons. The Kier molecular flexibility index (Phi) is 7.92. The normalized spacial score (nSPS) is 13.0.